The van der Waals surface area contributed by atoms with Gasteiger partial charge in [-0.15, -0.1) is 9.24 Å². The van der Waals surface area contributed by atoms with Gasteiger partial charge in [-0.05, 0) is 87.4 Å². The van der Waals surface area contributed by atoms with Crippen molar-refractivity contribution >= 4 is 32.3 Å². The molecule has 2 aromatic rings. The average molecular weight is 634 g/mol. The molecule has 2 atom stereocenters. The van der Waals surface area contributed by atoms with Gasteiger partial charge < -0.3 is 10.1 Å². The van der Waals surface area contributed by atoms with Crippen molar-refractivity contribution in [2.45, 2.75) is 113 Å². The Morgan fingerprint density at radius 1 is 1.11 bits per heavy atom. The van der Waals surface area contributed by atoms with Crippen LogP contribution < -0.4 is 10.6 Å². The fourth-order valence-electron chi connectivity index (χ4n) is 4.53. The summed E-state index contributed by atoms with van der Waals surface area (Å²) in [5.74, 6) is 1.09. The summed E-state index contributed by atoms with van der Waals surface area (Å²) in [7, 11) is 2.80. The van der Waals surface area contributed by atoms with Gasteiger partial charge in [0.05, 0.1) is 0 Å². The van der Waals surface area contributed by atoms with Crippen molar-refractivity contribution in [2.75, 3.05) is 20.1 Å². The van der Waals surface area contributed by atoms with Crippen molar-refractivity contribution in [1.82, 2.24) is 5.32 Å². The number of Topliss-reactive ketones (excluding diaryl/α,β-unsaturated/α-hetero) is 1. The van der Waals surface area contributed by atoms with Crippen LogP contribution in [-0.4, -0.2) is 43.9 Å². The molecule has 1 N–H and O–H groups in total. The molecular weight excluding hydrogens is 575 g/mol. The zero-order valence-corrected chi connectivity index (χ0v) is 29.7. The Hall–Kier alpha value is -2.34. The van der Waals surface area contributed by atoms with E-state index in [0.29, 0.717) is 12.5 Å². The predicted molar refractivity (Wildman–Crippen MR) is 189 cm³/mol. The number of hydrogen-bond donors (Lipinski definition) is 1. The number of nitrogens with zero attached hydrogens (tertiary/aromatic N) is 2. The summed E-state index contributed by atoms with van der Waals surface area (Å²) in [6.07, 6.45) is 9.43. The molecule has 5 nitrogen and oxygen atoms in total. The molecule has 44 heavy (non-hydrogen) atoms. The topological polar surface area (TPSA) is 63.1 Å². The van der Waals surface area contributed by atoms with Crippen LogP contribution in [0.3, 0.4) is 0 Å². The lowest BCUT2D eigenvalue weighted by molar-refractivity contribution is 0.0367. The van der Waals surface area contributed by atoms with E-state index < -0.39 is 6.93 Å². The number of benzene rings is 2. The summed E-state index contributed by atoms with van der Waals surface area (Å²) < 4.78 is 24.0. The number of alkyl halides is 2. The Labute approximate surface area is 269 Å². The van der Waals surface area contributed by atoms with Crippen molar-refractivity contribution in [2.24, 2.45) is 16.1 Å². The zero-order chi connectivity index (χ0) is 33.3. The molecule has 8 heteroatoms. The highest BCUT2D eigenvalue weighted by molar-refractivity contribution is 7.27. The van der Waals surface area contributed by atoms with Gasteiger partial charge in [-0.1, -0.05) is 70.0 Å². The number of carbonyl (C=O) groups excluding carboxylic acids is 1. The molecule has 2 fully saturated rings. The monoisotopic (exact) mass is 633 g/mol. The molecule has 0 radical (unpaired) electrons. The Morgan fingerprint density at radius 2 is 1.73 bits per heavy atom. The second-order valence-electron chi connectivity index (χ2n) is 10.6. The highest BCUT2D eigenvalue weighted by Gasteiger charge is 2.23. The lowest BCUT2D eigenvalue weighted by Gasteiger charge is -2.32. The minimum atomic E-state index is -1.75. The Balaban J connectivity index is 0.000000686. The smallest absolute Gasteiger partial charge is 0.229 e. The van der Waals surface area contributed by atoms with E-state index in [1.165, 1.54) is 53.2 Å². The molecule has 2 aromatic carbocycles. The highest BCUT2D eigenvalue weighted by Crippen LogP contribution is 2.29. The molecule has 1 saturated heterocycles. The summed E-state index contributed by atoms with van der Waals surface area (Å²) in [5.41, 5.74) is 6.93. The molecule has 0 aromatic heterocycles. The van der Waals surface area contributed by atoms with E-state index in [0.717, 1.165) is 49.8 Å². The maximum atomic E-state index is 12.2. The molecule has 1 heterocycles. The number of nitrogens with one attached hydrogen (secondary N) is 1. The fraction of sp³-hybridized carbons (Fsp3) is 0.583. The summed E-state index contributed by atoms with van der Waals surface area (Å²) in [5, 5.41) is 12.7. The van der Waals surface area contributed by atoms with E-state index >= 15 is 0 Å². The van der Waals surface area contributed by atoms with Gasteiger partial charge in [-0.25, -0.2) is 8.78 Å². The van der Waals surface area contributed by atoms with Crippen molar-refractivity contribution in [3.8, 4) is 0 Å². The lowest BCUT2D eigenvalue weighted by atomic mass is 9.80. The summed E-state index contributed by atoms with van der Waals surface area (Å²) >= 11 is 0. The lowest BCUT2D eigenvalue weighted by Crippen LogP contribution is -2.36. The predicted octanol–water partition coefficient (Wildman–Crippen LogP) is 8.94. The van der Waals surface area contributed by atoms with Crippen molar-refractivity contribution in [3.05, 3.63) is 64.2 Å². The van der Waals surface area contributed by atoms with Gasteiger partial charge in [0.25, 0.3) is 0 Å². The third-order valence-corrected chi connectivity index (χ3v) is 7.78. The van der Waals surface area contributed by atoms with Gasteiger partial charge in [0.2, 0.25) is 6.93 Å². The van der Waals surface area contributed by atoms with Crippen LogP contribution >= 0.6 is 9.24 Å². The van der Waals surface area contributed by atoms with Crippen LogP contribution in [-0.2, 0) is 24.1 Å². The second kappa shape index (κ2) is 25.9. The number of hydrogen-bond acceptors (Lipinski definition) is 5. The number of rotatable bonds is 10. The van der Waals surface area contributed by atoms with Gasteiger partial charge >= 0.3 is 0 Å². The van der Waals surface area contributed by atoms with Crippen LogP contribution in [0.15, 0.2) is 46.6 Å². The molecule has 1 saturated carbocycles. The first-order chi connectivity index (χ1) is 21.2. The molecule has 248 valence electrons. The number of ketones is 1. The summed E-state index contributed by atoms with van der Waals surface area (Å²) in [4.78, 5) is 12.2. The number of carbonyl (C=O) groups is 1. The highest BCUT2D eigenvalue weighted by atomic mass is 31.0. The van der Waals surface area contributed by atoms with Crippen LogP contribution in [0.4, 0.5) is 8.78 Å². The zero-order valence-electron chi connectivity index (χ0n) is 28.5. The van der Waals surface area contributed by atoms with Gasteiger partial charge in [0, 0.05) is 56.1 Å². The standard InChI is InChI=1S/C18H28NOP.C12H16N2.C3H6O.C2H6.CH2F2/c1-4-15-16(17(20)5-2)9-13(10-18(15)21)11-19-12(3)14-7-6-8-14;1-4-13-14-11(3)9-12-7-5-6-10(2)8-12;1-2-4-3-1;1-2;2-1-3/h9-10,12,14,19H,4-8,11,21H2,1-3H3;4-8H,9H2,1-3H3;1-3H2;1-2H3;1H2/b;13-4-,14-11+;;;. The second-order valence-corrected chi connectivity index (χ2v) is 11.3. The SMILES string of the molecule is C/C=N\N=C(/C)Cc1cccc(C)c1.C1COC1.CC.CCC(=O)c1cc(CNC(C)C2CCC2)cc(P)c1CC.FCF. The molecular formula is C36H58F2N3O2P. The van der Waals surface area contributed by atoms with Gasteiger partial charge in [0.1, 0.15) is 0 Å². The number of aryl methyl sites for hydroxylation is 1. The Kier molecular flexibility index (Phi) is 24.6. The van der Waals surface area contributed by atoms with Crippen molar-refractivity contribution in [1.29, 1.82) is 0 Å². The van der Waals surface area contributed by atoms with E-state index in [4.69, 9.17) is 4.74 Å². The largest absolute Gasteiger partial charge is 0.381 e. The van der Waals surface area contributed by atoms with Crippen LogP contribution in [0.1, 0.15) is 113 Å². The van der Waals surface area contributed by atoms with E-state index in [9.17, 15) is 13.6 Å². The first-order valence-corrected chi connectivity index (χ1v) is 16.7. The van der Waals surface area contributed by atoms with Crippen LogP contribution in [0.2, 0.25) is 0 Å². The maximum Gasteiger partial charge on any atom is 0.229 e. The quantitative estimate of drug-likeness (QED) is 0.123. The van der Waals surface area contributed by atoms with Crippen LogP contribution in [0, 0.1) is 12.8 Å². The molecule has 1 aliphatic heterocycles. The van der Waals surface area contributed by atoms with Gasteiger partial charge in [-0.2, -0.15) is 10.2 Å². The average Bonchev–Trinajstić information content (AvgIpc) is 2.94. The van der Waals surface area contributed by atoms with E-state index in [-0.39, 0.29) is 5.78 Å². The third kappa shape index (κ3) is 17.2. The molecule has 0 amide bonds. The summed E-state index contributed by atoms with van der Waals surface area (Å²) in [6.45, 7) is 17.4. The molecule has 2 unspecified atom stereocenters. The summed E-state index contributed by atoms with van der Waals surface area (Å²) in [6, 6.07) is 13.3. The Morgan fingerprint density at radius 3 is 2.18 bits per heavy atom. The molecule has 4 rings (SSSR count). The first kappa shape index (κ1) is 41.7. The maximum absolute atomic E-state index is 12.2. The minimum absolute atomic E-state index is 0.254. The van der Waals surface area contributed by atoms with Gasteiger partial charge in [0.15, 0.2) is 5.78 Å². The first-order valence-electron chi connectivity index (χ1n) is 16.1. The normalized spacial score (nSPS) is 14.6. The molecule has 0 bridgehead atoms. The van der Waals surface area contributed by atoms with Crippen LogP contribution in [0.25, 0.3) is 0 Å². The van der Waals surface area contributed by atoms with E-state index in [1.54, 1.807) is 6.21 Å². The molecule has 0 spiro atoms. The third-order valence-electron chi connectivity index (χ3n) is 7.27. The van der Waals surface area contributed by atoms with Crippen LogP contribution in [0.5, 0.6) is 0 Å². The van der Waals surface area contributed by atoms with E-state index in [1.807, 2.05) is 34.6 Å². The number of halogens is 2. The minimum Gasteiger partial charge on any atom is -0.381 e. The van der Waals surface area contributed by atoms with Crippen molar-refractivity contribution in [3.63, 3.8) is 0 Å². The van der Waals surface area contributed by atoms with E-state index in [2.05, 4.69) is 81.9 Å². The number of ether oxygens (including phenoxy) is 1. The van der Waals surface area contributed by atoms with Crippen molar-refractivity contribution < 1.29 is 18.3 Å². The van der Waals surface area contributed by atoms with Gasteiger partial charge in [-0.3, -0.25) is 4.79 Å². The molecule has 1 aliphatic carbocycles. The fourth-order valence-corrected chi connectivity index (χ4v) is 5.10. The molecule has 2 aliphatic rings. The Bertz CT molecular complexity index is 1110.